The number of methoxy groups -OCH3 is 1. The Morgan fingerprint density at radius 1 is 1.28 bits per heavy atom. The second-order valence-electron chi connectivity index (χ2n) is 6.76. The molecule has 1 aromatic carbocycles. The summed E-state index contributed by atoms with van der Waals surface area (Å²) in [6, 6.07) is 6.30. The molecule has 0 spiro atoms. The Morgan fingerprint density at radius 3 is 2.72 bits per heavy atom. The Bertz CT molecular complexity index is 642. The third-order valence-electron chi connectivity index (χ3n) is 4.22. The first-order valence-electron chi connectivity index (χ1n) is 8.71. The number of piperidine rings is 1. The standard InChI is InChI=1S/C19H26N2O4/c1-13(2)11-17(22)20-15-8-6-7-14(12-15)18(23)21-10-5-4-9-16(21)19(24)25-3/h6-8,12-13,16H,4-5,9-11H2,1-3H3,(H,20,22). The van der Waals surface area contributed by atoms with E-state index in [2.05, 4.69) is 5.32 Å². The molecule has 2 rings (SSSR count). The van der Waals surface area contributed by atoms with Crippen molar-refractivity contribution < 1.29 is 19.1 Å². The van der Waals surface area contributed by atoms with Crippen molar-refractivity contribution in [1.82, 2.24) is 4.90 Å². The second kappa shape index (κ2) is 8.65. The first-order valence-corrected chi connectivity index (χ1v) is 8.71. The highest BCUT2D eigenvalue weighted by molar-refractivity contribution is 5.99. The van der Waals surface area contributed by atoms with Crippen LogP contribution >= 0.6 is 0 Å². The molecule has 1 aliphatic heterocycles. The molecule has 1 N–H and O–H groups in total. The van der Waals surface area contributed by atoms with Crippen LogP contribution in [0, 0.1) is 5.92 Å². The van der Waals surface area contributed by atoms with Crippen molar-refractivity contribution in [2.75, 3.05) is 19.0 Å². The maximum absolute atomic E-state index is 12.9. The van der Waals surface area contributed by atoms with Crippen LogP contribution < -0.4 is 5.32 Å². The number of amides is 2. The Morgan fingerprint density at radius 2 is 2.04 bits per heavy atom. The average molecular weight is 346 g/mol. The van der Waals surface area contributed by atoms with Gasteiger partial charge >= 0.3 is 5.97 Å². The number of nitrogens with zero attached hydrogens (tertiary/aromatic N) is 1. The van der Waals surface area contributed by atoms with Gasteiger partial charge in [0, 0.05) is 24.2 Å². The molecule has 1 unspecified atom stereocenters. The van der Waals surface area contributed by atoms with Crippen LogP contribution in [0.5, 0.6) is 0 Å². The number of likely N-dealkylation sites (tertiary alicyclic amines) is 1. The number of carbonyl (C=O) groups is 3. The lowest BCUT2D eigenvalue weighted by Crippen LogP contribution is -2.48. The SMILES string of the molecule is COC(=O)C1CCCCN1C(=O)c1cccc(NC(=O)CC(C)C)c1. The fraction of sp³-hybridized carbons (Fsp3) is 0.526. The van der Waals surface area contributed by atoms with Crippen LogP contribution in [-0.4, -0.2) is 42.4 Å². The average Bonchev–Trinajstić information content (AvgIpc) is 2.60. The summed E-state index contributed by atoms with van der Waals surface area (Å²) in [6.45, 7) is 4.48. The zero-order valence-corrected chi connectivity index (χ0v) is 15.1. The molecule has 0 aromatic heterocycles. The van der Waals surface area contributed by atoms with Gasteiger partial charge in [0.2, 0.25) is 5.91 Å². The summed E-state index contributed by atoms with van der Waals surface area (Å²) < 4.78 is 4.83. The van der Waals surface area contributed by atoms with Gasteiger partial charge in [-0.3, -0.25) is 9.59 Å². The van der Waals surface area contributed by atoms with Crippen LogP contribution in [0.2, 0.25) is 0 Å². The number of hydrogen-bond acceptors (Lipinski definition) is 4. The van der Waals surface area contributed by atoms with Crippen LogP contribution in [0.25, 0.3) is 0 Å². The van der Waals surface area contributed by atoms with Gasteiger partial charge in [0.1, 0.15) is 6.04 Å². The molecule has 1 saturated heterocycles. The molecular weight excluding hydrogens is 320 g/mol. The monoisotopic (exact) mass is 346 g/mol. The number of nitrogens with one attached hydrogen (secondary N) is 1. The minimum Gasteiger partial charge on any atom is -0.467 e. The molecule has 0 radical (unpaired) electrons. The van der Waals surface area contributed by atoms with Gasteiger partial charge < -0.3 is 15.0 Å². The highest BCUT2D eigenvalue weighted by atomic mass is 16.5. The summed E-state index contributed by atoms with van der Waals surface area (Å²) in [6.07, 6.45) is 2.80. The van der Waals surface area contributed by atoms with E-state index < -0.39 is 6.04 Å². The first-order chi connectivity index (χ1) is 11.9. The molecule has 0 aliphatic carbocycles. The largest absolute Gasteiger partial charge is 0.467 e. The summed E-state index contributed by atoms with van der Waals surface area (Å²) in [7, 11) is 1.34. The molecule has 1 aliphatic rings. The molecular formula is C19H26N2O4. The van der Waals surface area contributed by atoms with Crippen molar-refractivity contribution in [3.05, 3.63) is 29.8 Å². The van der Waals surface area contributed by atoms with E-state index in [-0.39, 0.29) is 23.7 Å². The molecule has 1 heterocycles. The normalized spacial score (nSPS) is 17.3. The quantitative estimate of drug-likeness (QED) is 0.832. The van der Waals surface area contributed by atoms with E-state index in [1.165, 1.54) is 7.11 Å². The predicted octanol–water partition coefficient (Wildman–Crippen LogP) is 2.84. The third kappa shape index (κ3) is 5.05. The maximum Gasteiger partial charge on any atom is 0.328 e. The van der Waals surface area contributed by atoms with Gasteiger partial charge in [-0.2, -0.15) is 0 Å². The summed E-state index contributed by atoms with van der Waals surface area (Å²) >= 11 is 0. The first kappa shape index (κ1) is 19.0. The van der Waals surface area contributed by atoms with Gasteiger partial charge in [-0.15, -0.1) is 0 Å². The predicted molar refractivity (Wildman–Crippen MR) is 95.2 cm³/mol. The van der Waals surface area contributed by atoms with Crippen molar-refractivity contribution in [1.29, 1.82) is 0 Å². The van der Waals surface area contributed by atoms with Crippen LogP contribution in [-0.2, 0) is 14.3 Å². The summed E-state index contributed by atoms with van der Waals surface area (Å²) in [5, 5.41) is 2.82. The van der Waals surface area contributed by atoms with E-state index in [1.807, 2.05) is 13.8 Å². The zero-order chi connectivity index (χ0) is 18.4. The highest BCUT2D eigenvalue weighted by Crippen LogP contribution is 2.22. The minimum atomic E-state index is -0.537. The number of benzene rings is 1. The number of hydrogen-bond donors (Lipinski definition) is 1. The lowest BCUT2D eigenvalue weighted by Gasteiger charge is -2.33. The fourth-order valence-corrected chi connectivity index (χ4v) is 3.03. The van der Waals surface area contributed by atoms with Crippen molar-refractivity contribution in [3.8, 4) is 0 Å². The Balaban J connectivity index is 2.14. The summed E-state index contributed by atoms with van der Waals surface area (Å²) in [4.78, 5) is 38.3. The zero-order valence-electron chi connectivity index (χ0n) is 15.1. The van der Waals surface area contributed by atoms with E-state index >= 15 is 0 Å². The molecule has 0 bridgehead atoms. The second-order valence-corrected chi connectivity index (χ2v) is 6.76. The molecule has 25 heavy (non-hydrogen) atoms. The fourth-order valence-electron chi connectivity index (χ4n) is 3.03. The minimum absolute atomic E-state index is 0.0787. The molecule has 2 amide bonds. The van der Waals surface area contributed by atoms with Gasteiger partial charge in [0.25, 0.3) is 5.91 Å². The van der Waals surface area contributed by atoms with E-state index in [4.69, 9.17) is 4.74 Å². The van der Waals surface area contributed by atoms with Crippen molar-refractivity contribution in [2.24, 2.45) is 5.92 Å². The van der Waals surface area contributed by atoms with Crippen LogP contribution in [0.1, 0.15) is 49.9 Å². The number of carbonyl (C=O) groups excluding carboxylic acids is 3. The Hall–Kier alpha value is -2.37. The van der Waals surface area contributed by atoms with Crippen molar-refractivity contribution in [2.45, 2.75) is 45.6 Å². The lowest BCUT2D eigenvalue weighted by atomic mass is 10.0. The van der Waals surface area contributed by atoms with Gasteiger partial charge in [0.05, 0.1) is 7.11 Å². The number of esters is 1. The molecule has 6 nitrogen and oxygen atoms in total. The van der Waals surface area contributed by atoms with Crippen LogP contribution in [0.15, 0.2) is 24.3 Å². The maximum atomic E-state index is 12.9. The van der Waals surface area contributed by atoms with Gasteiger partial charge in [-0.05, 0) is 43.4 Å². The van der Waals surface area contributed by atoms with Crippen molar-refractivity contribution >= 4 is 23.5 Å². The van der Waals surface area contributed by atoms with Crippen LogP contribution in [0.3, 0.4) is 0 Å². The summed E-state index contributed by atoms with van der Waals surface area (Å²) in [5.41, 5.74) is 1.04. The van der Waals surface area contributed by atoms with Crippen molar-refractivity contribution in [3.63, 3.8) is 0 Å². The van der Waals surface area contributed by atoms with Gasteiger partial charge in [0.15, 0.2) is 0 Å². The topological polar surface area (TPSA) is 75.7 Å². The van der Waals surface area contributed by atoms with Crippen LogP contribution in [0.4, 0.5) is 5.69 Å². The summed E-state index contributed by atoms with van der Waals surface area (Å²) in [5.74, 6) is -0.409. The smallest absolute Gasteiger partial charge is 0.328 e. The van der Waals surface area contributed by atoms with Gasteiger partial charge in [-0.25, -0.2) is 4.79 Å². The Labute approximate surface area is 148 Å². The number of rotatable bonds is 5. The van der Waals surface area contributed by atoms with E-state index in [9.17, 15) is 14.4 Å². The molecule has 0 saturated carbocycles. The third-order valence-corrected chi connectivity index (χ3v) is 4.22. The lowest BCUT2D eigenvalue weighted by molar-refractivity contribution is -0.147. The highest BCUT2D eigenvalue weighted by Gasteiger charge is 2.33. The number of anilines is 1. The van der Waals surface area contributed by atoms with Gasteiger partial charge in [-0.1, -0.05) is 19.9 Å². The molecule has 1 aromatic rings. The van der Waals surface area contributed by atoms with E-state index in [0.717, 1.165) is 12.8 Å². The molecule has 6 heteroatoms. The molecule has 1 fully saturated rings. The number of ether oxygens (including phenoxy) is 1. The molecule has 136 valence electrons. The van der Waals surface area contributed by atoms with E-state index in [0.29, 0.717) is 30.6 Å². The Kier molecular flexibility index (Phi) is 6.56. The molecule has 1 atom stereocenters. The van der Waals surface area contributed by atoms with E-state index in [1.54, 1.807) is 29.2 Å².